The molecule has 26 heavy (non-hydrogen) atoms. The average molecular weight is 352 g/mol. The van der Waals surface area contributed by atoms with Gasteiger partial charge in [0.2, 0.25) is 0 Å². The maximum Gasteiger partial charge on any atom is 0.274 e. The van der Waals surface area contributed by atoms with E-state index in [1.807, 2.05) is 31.2 Å². The number of furan rings is 1. The molecule has 2 aromatic heterocycles. The van der Waals surface area contributed by atoms with Crippen LogP contribution >= 0.6 is 0 Å². The Morgan fingerprint density at radius 2 is 2.04 bits per heavy atom. The molecule has 0 aliphatic heterocycles. The van der Waals surface area contributed by atoms with Crippen molar-refractivity contribution in [3.05, 3.63) is 66.0 Å². The van der Waals surface area contributed by atoms with E-state index in [0.717, 1.165) is 5.76 Å². The molecule has 2 heterocycles. The first-order chi connectivity index (χ1) is 12.7. The number of benzene rings is 1. The molecule has 3 rings (SSSR count). The van der Waals surface area contributed by atoms with E-state index >= 15 is 0 Å². The molecular weight excluding hydrogens is 332 g/mol. The van der Waals surface area contributed by atoms with E-state index in [4.69, 9.17) is 9.15 Å². The number of anilines is 2. The van der Waals surface area contributed by atoms with Gasteiger partial charge < -0.3 is 19.8 Å². The first-order valence-corrected chi connectivity index (χ1v) is 8.31. The summed E-state index contributed by atoms with van der Waals surface area (Å²) in [7, 11) is 0. The molecule has 7 nitrogen and oxygen atoms in total. The minimum Gasteiger partial charge on any atom is -0.492 e. The van der Waals surface area contributed by atoms with Gasteiger partial charge in [-0.1, -0.05) is 12.1 Å². The highest BCUT2D eigenvalue weighted by molar-refractivity contribution is 6.04. The smallest absolute Gasteiger partial charge is 0.274 e. The second kappa shape index (κ2) is 8.15. The summed E-state index contributed by atoms with van der Waals surface area (Å²) in [5.41, 5.74) is 0.867. The van der Waals surface area contributed by atoms with Gasteiger partial charge in [-0.05, 0) is 38.1 Å². The van der Waals surface area contributed by atoms with Gasteiger partial charge in [-0.2, -0.15) is 0 Å². The number of ether oxygens (including phenoxy) is 1. The third-order valence-corrected chi connectivity index (χ3v) is 3.53. The molecule has 2 N–H and O–H groups in total. The van der Waals surface area contributed by atoms with Gasteiger partial charge in [-0.25, -0.2) is 9.97 Å². The first-order valence-electron chi connectivity index (χ1n) is 8.31. The highest BCUT2D eigenvalue weighted by Crippen LogP contribution is 2.24. The van der Waals surface area contributed by atoms with Crippen LogP contribution < -0.4 is 15.4 Å². The molecular formula is C19H20N4O3. The molecule has 0 radical (unpaired) electrons. The number of hydrogen-bond donors (Lipinski definition) is 2. The number of aryl methyl sites for hydroxylation is 1. The van der Waals surface area contributed by atoms with Crippen LogP contribution in [0, 0.1) is 6.92 Å². The lowest BCUT2D eigenvalue weighted by atomic mass is 10.2. The van der Waals surface area contributed by atoms with Crippen molar-refractivity contribution < 1.29 is 13.9 Å². The van der Waals surface area contributed by atoms with Crippen molar-refractivity contribution >= 4 is 17.4 Å². The van der Waals surface area contributed by atoms with E-state index in [0.29, 0.717) is 36.2 Å². The summed E-state index contributed by atoms with van der Waals surface area (Å²) in [5, 5.41) is 5.96. The molecule has 0 aliphatic carbocycles. The second-order valence-electron chi connectivity index (χ2n) is 5.50. The van der Waals surface area contributed by atoms with Crippen LogP contribution in [0.1, 0.15) is 29.0 Å². The maximum absolute atomic E-state index is 12.6. The Kier molecular flexibility index (Phi) is 5.48. The van der Waals surface area contributed by atoms with Crippen LogP contribution in [-0.4, -0.2) is 22.5 Å². The lowest BCUT2D eigenvalue weighted by molar-refractivity contribution is 0.102. The van der Waals surface area contributed by atoms with Gasteiger partial charge in [-0.3, -0.25) is 4.79 Å². The monoisotopic (exact) mass is 352 g/mol. The predicted molar refractivity (Wildman–Crippen MR) is 98.4 cm³/mol. The Morgan fingerprint density at radius 1 is 1.19 bits per heavy atom. The van der Waals surface area contributed by atoms with Gasteiger partial charge in [0.15, 0.2) is 0 Å². The summed E-state index contributed by atoms with van der Waals surface area (Å²) in [6.45, 7) is 4.62. The third kappa shape index (κ3) is 4.38. The normalized spacial score (nSPS) is 10.4. The Labute approximate surface area is 151 Å². The molecule has 0 spiro atoms. The number of nitrogens with one attached hydrogen (secondary N) is 2. The molecule has 1 amide bonds. The number of para-hydroxylation sites is 2. The molecule has 3 aromatic rings. The van der Waals surface area contributed by atoms with Crippen LogP contribution in [0.5, 0.6) is 5.75 Å². The van der Waals surface area contributed by atoms with Crippen molar-refractivity contribution in [3.63, 3.8) is 0 Å². The Hall–Kier alpha value is -3.35. The van der Waals surface area contributed by atoms with Crippen molar-refractivity contribution in [3.8, 4) is 5.75 Å². The summed E-state index contributed by atoms with van der Waals surface area (Å²) < 4.78 is 10.8. The Balaban J connectivity index is 1.75. The van der Waals surface area contributed by atoms with Crippen LogP contribution in [-0.2, 0) is 6.54 Å². The van der Waals surface area contributed by atoms with Gasteiger partial charge in [0.25, 0.3) is 5.91 Å². The largest absolute Gasteiger partial charge is 0.492 e. The Bertz CT molecular complexity index is 878. The van der Waals surface area contributed by atoms with Gasteiger partial charge in [0.1, 0.15) is 28.8 Å². The van der Waals surface area contributed by atoms with Crippen molar-refractivity contribution in [1.29, 1.82) is 0 Å². The number of amides is 1. The van der Waals surface area contributed by atoms with Crippen LogP contribution in [0.15, 0.2) is 53.1 Å². The number of aromatic nitrogens is 2. The molecule has 0 bridgehead atoms. The standard InChI is InChI=1S/C19H20N4O3/c1-3-25-17-9-5-4-8-15(17)23-19(24)16-11-18(22-13(2)21-16)20-12-14-7-6-10-26-14/h4-11H,3,12H2,1-2H3,(H,23,24)(H,20,21,22). The highest BCUT2D eigenvalue weighted by Gasteiger charge is 2.13. The molecule has 0 unspecified atom stereocenters. The maximum atomic E-state index is 12.6. The molecule has 134 valence electrons. The molecule has 0 aliphatic rings. The SMILES string of the molecule is CCOc1ccccc1NC(=O)c1cc(NCc2ccco2)nc(C)n1. The Morgan fingerprint density at radius 3 is 2.81 bits per heavy atom. The number of hydrogen-bond acceptors (Lipinski definition) is 6. The van der Waals surface area contributed by atoms with Crippen molar-refractivity contribution in [2.75, 3.05) is 17.2 Å². The molecule has 7 heteroatoms. The van der Waals surface area contributed by atoms with E-state index in [9.17, 15) is 4.79 Å². The number of carbonyl (C=O) groups excluding carboxylic acids is 1. The minimum absolute atomic E-state index is 0.269. The summed E-state index contributed by atoms with van der Waals surface area (Å²) in [6, 6.07) is 12.6. The quantitative estimate of drug-likeness (QED) is 0.675. The fourth-order valence-corrected chi connectivity index (χ4v) is 2.40. The highest BCUT2D eigenvalue weighted by atomic mass is 16.5. The fraction of sp³-hybridized carbons (Fsp3) is 0.211. The molecule has 1 aromatic carbocycles. The van der Waals surface area contributed by atoms with E-state index in [1.54, 1.807) is 31.4 Å². The van der Waals surface area contributed by atoms with Crippen LogP contribution in [0.3, 0.4) is 0 Å². The molecule has 0 fully saturated rings. The number of rotatable bonds is 7. The summed E-state index contributed by atoms with van der Waals surface area (Å²) in [5.74, 6) is 2.11. The number of nitrogens with zero attached hydrogens (tertiary/aromatic N) is 2. The second-order valence-corrected chi connectivity index (χ2v) is 5.50. The van der Waals surface area contributed by atoms with E-state index in [2.05, 4.69) is 20.6 Å². The van der Waals surface area contributed by atoms with Crippen molar-refractivity contribution in [2.24, 2.45) is 0 Å². The zero-order valence-electron chi connectivity index (χ0n) is 14.7. The van der Waals surface area contributed by atoms with E-state index in [1.165, 1.54) is 0 Å². The lowest BCUT2D eigenvalue weighted by Gasteiger charge is -2.12. The van der Waals surface area contributed by atoms with Gasteiger partial charge in [0.05, 0.1) is 25.1 Å². The van der Waals surface area contributed by atoms with Gasteiger partial charge >= 0.3 is 0 Å². The summed E-state index contributed by atoms with van der Waals surface area (Å²) >= 11 is 0. The van der Waals surface area contributed by atoms with Gasteiger partial charge in [0, 0.05) is 6.07 Å². The summed E-state index contributed by atoms with van der Waals surface area (Å²) in [4.78, 5) is 21.1. The van der Waals surface area contributed by atoms with Crippen LogP contribution in [0.25, 0.3) is 0 Å². The van der Waals surface area contributed by atoms with Crippen molar-refractivity contribution in [2.45, 2.75) is 20.4 Å². The van der Waals surface area contributed by atoms with Crippen molar-refractivity contribution in [1.82, 2.24) is 9.97 Å². The first kappa shape index (κ1) is 17.5. The van der Waals surface area contributed by atoms with E-state index in [-0.39, 0.29) is 11.6 Å². The third-order valence-electron chi connectivity index (χ3n) is 3.53. The fourth-order valence-electron chi connectivity index (χ4n) is 2.40. The van der Waals surface area contributed by atoms with Crippen LogP contribution in [0.4, 0.5) is 11.5 Å². The average Bonchev–Trinajstić information content (AvgIpc) is 3.15. The zero-order valence-corrected chi connectivity index (χ0v) is 14.7. The number of carbonyl (C=O) groups is 1. The predicted octanol–water partition coefficient (Wildman–Crippen LogP) is 3.64. The lowest BCUT2D eigenvalue weighted by Crippen LogP contribution is -2.16. The van der Waals surface area contributed by atoms with Gasteiger partial charge in [-0.15, -0.1) is 0 Å². The summed E-state index contributed by atoms with van der Waals surface area (Å²) in [6.07, 6.45) is 1.61. The minimum atomic E-state index is -0.330. The molecule has 0 saturated heterocycles. The van der Waals surface area contributed by atoms with Crippen LogP contribution in [0.2, 0.25) is 0 Å². The zero-order chi connectivity index (χ0) is 18.4. The van der Waals surface area contributed by atoms with E-state index < -0.39 is 0 Å². The molecule has 0 atom stereocenters. The molecule has 0 saturated carbocycles. The topological polar surface area (TPSA) is 89.3 Å².